The molecule has 5 heterocycles. The quantitative estimate of drug-likeness (QED) is 0.297. The predicted molar refractivity (Wildman–Crippen MR) is 160 cm³/mol. The molecule has 2 aliphatic heterocycles. The van der Waals surface area contributed by atoms with Crippen LogP contribution in [-0.2, 0) is 13.1 Å². The SMILES string of the molecule is N#Cc1nccc(NC2CCN(Cc3ccc(-c4nc5n(c4-c4ccccc4)CCOc4ccncc4-5)cc3)CC2)n1. The molecule has 9 nitrogen and oxygen atoms in total. The molecule has 0 saturated carbocycles. The van der Waals surface area contributed by atoms with Gasteiger partial charge in [0.2, 0.25) is 5.82 Å². The number of piperidine rings is 1. The van der Waals surface area contributed by atoms with E-state index >= 15 is 0 Å². The van der Waals surface area contributed by atoms with E-state index < -0.39 is 0 Å². The van der Waals surface area contributed by atoms with Crippen molar-refractivity contribution in [3.05, 3.63) is 96.7 Å². The minimum atomic E-state index is 0.193. The van der Waals surface area contributed by atoms with E-state index in [0.717, 1.165) is 72.1 Å². The minimum absolute atomic E-state index is 0.193. The molecule has 0 aliphatic carbocycles. The van der Waals surface area contributed by atoms with Crippen molar-refractivity contribution in [3.63, 3.8) is 0 Å². The maximum absolute atomic E-state index is 9.05. The number of ether oxygens (including phenoxy) is 1. The number of imidazole rings is 1. The van der Waals surface area contributed by atoms with Crippen molar-refractivity contribution >= 4 is 5.82 Å². The van der Waals surface area contributed by atoms with Gasteiger partial charge in [0.25, 0.3) is 0 Å². The van der Waals surface area contributed by atoms with Crippen LogP contribution in [0.4, 0.5) is 5.82 Å². The molecule has 1 N–H and O–H groups in total. The Kier molecular flexibility index (Phi) is 7.04. The van der Waals surface area contributed by atoms with Crippen LogP contribution >= 0.6 is 0 Å². The Labute approximate surface area is 244 Å². The molecule has 1 fully saturated rings. The van der Waals surface area contributed by atoms with Crippen LogP contribution in [0, 0.1) is 11.3 Å². The standard InChI is InChI=1S/C33H30N8O/c34-20-30-36-15-11-29(38-30)37-26-12-16-40(17-13-26)22-23-6-8-24(9-7-23)31-32(25-4-2-1-3-5-25)41-18-19-42-28-10-14-35-21-27(28)33(41)39-31/h1-11,14-15,21,26H,12-13,16-19,22H2,(H,36,37,38). The zero-order valence-electron chi connectivity index (χ0n) is 23.1. The number of likely N-dealkylation sites (tertiary alicyclic amines) is 1. The van der Waals surface area contributed by atoms with Gasteiger partial charge in [-0.15, -0.1) is 0 Å². The first kappa shape index (κ1) is 25.9. The average molecular weight is 555 g/mol. The number of hydrogen-bond acceptors (Lipinski definition) is 8. The summed E-state index contributed by atoms with van der Waals surface area (Å²) in [6, 6.07) is 25.4. The van der Waals surface area contributed by atoms with Crippen molar-refractivity contribution in [1.82, 2.24) is 29.4 Å². The summed E-state index contributed by atoms with van der Waals surface area (Å²) in [5.41, 5.74) is 6.48. The molecule has 5 aromatic rings. The van der Waals surface area contributed by atoms with E-state index in [0.29, 0.717) is 25.0 Å². The van der Waals surface area contributed by atoms with Crippen molar-refractivity contribution in [2.75, 3.05) is 25.0 Å². The van der Waals surface area contributed by atoms with E-state index in [4.69, 9.17) is 15.0 Å². The number of fused-ring (bicyclic) bond motifs is 3. The lowest BCUT2D eigenvalue weighted by Gasteiger charge is -2.32. The van der Waals surface area contributed by atoms with Crippen molar-refractivity contribution in [1.29, 1.82) is 5.26 Å². The second kappa shape index (κ2) is 11.4. The largest absolute Gasteiger partial charge is 0.491 e. The molecule has 3 aromatic heterocycles. The van der Waals surface area contributed by atoms with E-state index in [2.05, 4.69) is 78.3 Å². The normalized spacial score (nSPS) is 15.1. The Morgan fingerprint density at radius 3 is 2.55 bits per heavy atom. The minimum Gasteiger partial charge on any atom is -0.491 e. The zero-order chi connectivity index (χ0) is 28.3. The third-order valence-corrected chi connectivity index (χ3v) is 7.94. The number of nitriles is 1. The van der Waals surface area contributed by atoms with Gasteiger partial charge >= 0.3 is 0 Å². The number of nitrogens with zero attached hydrogens (tertiary/aromatic N) is 7. The van der Waals surface area contributed by atoms with Gasteiger partial charge in [0.05, 0.1) is 23.5 Å². The summed E-state index contributed by atoms with van der Waals surface area (Å²) in [4.78, 5) is 20.3. The highest BCUT2D eigenvalue weighted by Gasteiger charge is 2.25. The molecule has 9 heteroatoms. The highest BCUT2D eigenvalue weighted by molar-refractivity contribution is 5.83. The highest BCUT2D eigenvalue weighted by atomic mass is 16.5. The summed E-state index contributed by atoms with van der Waals surface area (Å²) in [6.07, 6.45) is 7.27. The molecular weight excluding hydrogens is 524 g/mol. The molecule has 0 spiro atoms. The van der Waals surface area contributed by atoms with Gasteiger partial charge in [-0.3, -0.25) is 9.88 Å². The first-order valence-electron chi connectivity index (χ1n) is 14.3. The second-order valence-electron chi connectivity index (χ2n) is 10.6. The molecule has 1 saturated heterocycles. The Hall–Kier alpha value is -5.07. The zero-order valence-corrected chi connectivity index (χ0v) is 23.1. The van der Waals surface area contributed by atoms with Crippen LogP contribution in [0.25, 0.3) is 33.9 Å². The van der Waals surface area contributed by atoms with E-state index in [1.165, 1.54) is 5.56 Å². The van der Waals surface area contributed by atoms with Crippen LogP contribution in [-0.4, -0.2) is 55.1 Å². The van der Waals surface area contributed by atoms with Crippen molar-refractivity contribution in [2.24, 2.45) is 0 Å². The van der Waals surface area contributed by atoms with Crippen molar-refractivity contribution in [2.45, 2.75) is 32.0 Å². The summed E-state index contributed by atoms with van der Waals surface area (Å²) < 4.78 is 8.30. The smallest absolute Gasteiger partial charge is 0.234 e. The summed E-state index contributed by atoms with van der Waals surface area (Å²) in [5, 5.41) is 12.5. The second-order valence-corrected chi connectivity index (χ2v) is 10.6. The van der Waals surface area contributed by atoms with Gasteiger partial charge in [0, 0.05) is 55.4 Å². The Balaban J connectivity index is 1.09. The van der Waals surface area contributed by atoms with Crippen molar-refractivity contribution in [3.8, 4) is 45.7 Å². The van der Waals surface area contributed by atoms with Crippen LogP contribution in [0.3, 0.4) is 0 Å². The predicted octanol–water partition coefficient (Wildman–Crippen LogP) is 5.41. The fourth-order valence-electron chi connectivity index (χ4n) is 5.85. The van der Waals surface area contributed by atoms with Gasteiger partial charge < -0.3 is 14.6 Å². The average Bonchev–Trinajstić information content (AvgIpc) is 3.32. The number of nitrogens with one attached hydrogen (secondary N) is 1. The lowest BCUT2D eigenvalue weighted by Crippen LogP contribution is -2.38. The van der Waals surface area contributed by atoms with Gasteiger partial charge in [0.15, 0.2) is 0 Å². The molecule has 0 unspecified atom stereocenters. The lowest BCUT2D eigenvalue weighted by atomic mass is 10.0. The van der Waals surface area contributed by atoms with Gasteiger partial charge in [-0.25, -0.2) is 15.0 Å². The van der Waals surface area contributed by atoms with Crippen LogP contribution in [0.1, 0.15) is 24.2 Å². The van der Waals surface area contributed by atoms with Crippen LogP contribution < -0.4 is 10.1 Å². The van der Waals surface area contributed by atoms with E-state index in [1.54, 1.807) is 12.4 Å². The third kappa shape index (κ3) is 5.20. The lowest BCUT2D eigenvalue weighted by molar-refractivity contribution is 0.211. The fraction of sp³-hybridized carbons (Fsp3) is 0.242. The van der Waals surface area contributed by atoms with E-state index in [9.17, 15) is 0 Å². The molecule has 0 atom stereocenters. The number of pyridine rings is 1. The van der Waals surface area contributed by atoms with E-state index in [1.807, 2.05) is 30.5 Å². The number of anilines is 1. The summed E-state index contributed by atoms with van der Waals surface area (Å²) in [5.74, 6) is 2.61. The Morgan fingerprint density at radius 2 is 1.74 bits per heavy atom. The summed E-state index contributed by atoms with van der Waals surface area (Å²) in [6.45, 7) is 4.18. The molecule has 7 rings (SSSR count). The van der Waals surface area contributed by atoms with E-state index in [-0.39, 0.29) is 5.82 Å². The molecule has 42 heavy (non-hydrogen) atoms. The molecule has 2 aromatic carbocycles. The Bertz CT molecular complexity index is 1730. The molecule has 2 aliphatic rings. The first-order chi connectivity index (χ1) is 20.7. The van der Waals surface area contributed by atoms with Crippen molar-refractivity contribution < 1.29 is 4.74 Å². The number of hydrogen-bond donors (Lipinski definition) is 1. The fourth-order valence-corrected chi connectivity index (χ4v) is 5.85. The maximum Gasteiger partial charge on any atom is 0.234 e. The molecule has 0 bridgehead atoms. The maximum atomic E-state index is 9.05. The summed E-state index contributed by atoms with van der Waals surface area (Å²) >= 11 is 0. The third-order valence-electron chi connectivity index (χ3n) is 7.94. The van der Waals surface area contributed by atoms with Gasteiger partial charge in [0.1, 0.15) is 30.1 Å². The molecule has 0 radical (unpaired) electrons. The van der Waals surface area contributed by atoms with Gasteiger partial charge in [-0.2, -0.15) is 5.26 Å². The monoisotopic (exact) mass is 554 g/mol. The number of rotatable bonds is 6. The molecule has 0 amide bonds. The molecule has 208 valence electrons. The van der Waals surface area contributed by atoms with Crippen LogP contribution in [0.5, 0.6) is 5.75 Å². The van der Waals surface area contributed by atoms with Crippen LogP contribution in [0.15, 0.2) is 85.3 Å². The van der Waals surface area contributed by atoms with Crippen LogP contribution in [0.2, 0.25) is 0 Å². The molecular formula is C33H30N8O. The van der Waals surface area contributed by atoms with Gasteiger partial charge in [-0.1, -0.05) is 54.6 Å². The topological polar surface area (TPSA) is 105 Å². The van der Waals surface area contributed by atoms with Gasteiger partial charge in [-0.05, 0) is 30.5 Å². The highest BCUT2D eigenvalue weighted by Crippen LogP contribution is 2.40. The number of benzene rings is 2. The first-order valence-corrected chi connectivity index (χ1v) is 14.3. The summed E-state index contributed by atoms with van der Waals surface area (Å²) in [7, 11) is 0. The Morgan fingerprint density at radius 1 is 0.905 bits per heavy atom. The number of aromatic nitrogens is 5.